The molecule has 0 bridgehead atoms. The number of amides is 1. The molecule has 32 heavy (non-hydrogen) atoms. The molecule has 0 aliphatic rings. The Morgan fingerprint density at radius 3 is 2.41 bits per heavy atom. The van der Waals surface area contributed by atoms with Gasteiger partial charge in [0.05, 0.1) is 24.0 Å². The molecule has 168 valence electrons. The van der Waals surface area contributed by atoms with Crippen LogP contribution in [0.1, 0.15) is 42.5 Å². The summed E-state index contributed by atoms with van der Waals surface area (Å²) in [6.45, 7) is 9.03. The minimum atomic E-state index is -0.213. The van der Waals surface area contributed by atoms with Crippen LogP contribution >= 0.6 is 0 Å². The van der Waals surface area contributed by atoms with Crippen LogP contribution in [0.4, 0.5) is 5.69 Å². The van der Waals surface area contributed by atoms with E-state index in [2.05, 4.69) is 10.3 Å². The molecule has 1 atom stereocenters. The maximum absolute atomic E-state index is 12.8. The average molecular weight is 435 g/mol. The van der Waals surface area contributed by atoms with Crippen molar-refractivity contribution in [3.05, 3.63) is 77.6 Å². The second kappa shape index (κ2) is 11.3. The Hall–Kier alpha value is -3.38. The third kappa shape index (κ3) is 6.56. The molecular weight excluding hydrogens is 404 g/mol. The number of benzene rings is 2. The van der Waals surface area contributed by atoms with Crippen LogP contribution in [0, 0.1) is 6.92 Å². The van der Waals surface area contributed by atoms with E-state index in [1.807, 2.05) is 82.3 Å². The first-order chi connectivity index (χ1) is 15.5. The highest BCUT2D eigenvalue weighted by atomic mass is 16.5. The van der Waals surface area contributed by atoms with Crippen molar-refractivity contribution in [2.45, 2.75) is 40.2 Å². The summed E-state index contributed by atoms with van der Waals surface area (Å²) in [5.41, 5.74) is 2.77. The number of hydrogen-bond donors (Lipinski definition) is 1. The molecule has 6 nitrogen and oxygen atoms in total. The highest BCUT2D eigenvalue weighted by molar-refractivity contribution is 6.05. The molecule has 2 aromatic carbocycles. The van der Waals surface area contributed by atoms with Crippen LogP contribution in [-0.2, 0) is 11.2 Å². The SMILES string of the molecule is CCOc1cccc(Oc2cccc(NC(=O)c3ccc(CC(C)OCC)nc3C)c2)c1. The van der Waals surface area contributed by atoms with E-state index in [1.54, 1.807) is 6.07 Å². The van der Waals surface area contributed by atoms with Gasteiger partial charge in [-0.15, -0.1) is 0 Å². The largest absolute Gasteiger partial charge is 0.494 e. The third-order valence-corrected chi connectivity index (χ3v) is 4.78. The molecular formula is C26H30N2O4. The summed E-state index contributed by atoms with van der Waals surface area (Å²) >= 11 is 0. The van der Waals surface area contributed by atoms with Crippen molar-refractivity contribution in [3.8, 4) is 17.2 Å². The second-order valence-electron chi connectivity index (χ2n) is 7.40. The molecule has 1 unspecified atom stereocenters. The number of rotatable bonds is 10. The van der Waals surface area contributed by atoms with E-state index >= 15 is 0 Å². The molecule has 1 aromatic heterocycles. The predicted octanol–water partition coefficient (Wildman–Crippen LogP) is 5.80. The van der Waals surface area contributed by atoms with Gasteiger partial charge >= 0.3 is 0 Å². The van der Waals surface area contributed by atoms with Gasteiger partial charge < -0.3 is 19.5 Å². The fraction of sp³-hybridized carbons (Fsp3) is 0.308. The summed E-state index contributed by atoms with van der Waals surface area (Å²) in [5, 5.41) is 2.93. The second-order valence-corrected chi connectivity index (χ2v) is 7.40. The van der Waals surface area contributed by atoms with Gasteiger partial charge in [-0.05, 0) is 64.1 Å². The first-order valence-electron chi connectivity index (χ1n) is 10.9. The molecule has 6 heteroatoms. The summed E-state index contributed by atoms with van der Waals surface area (Å²) < 4.78 is 17.0. The van der Waals surface area contributed by atoms with Crippen molar-refractivity contribution in [2.75, 3.05) is 18.5 Å². The number of hydrogen-bond acceptors (Lipinski definition) is 5. The number of aryl methyl sites for hydroxylation is 1. The van der Waals surface area contributed by atoms with Crippen molar-refractivity contribution >= 4 is 11.6 Å². The third-order valence-electron chi connectivity index (χ3n) is 4.78. The fourth-order valence-corrected chi connectivity index (χ4v) is 3.37. The van der Waals surface area contributed by atoms with Gasteiger partial charge in [0.25, 0.3) is 5.91 Å². The lowest BCUT2D eigenvalue weighted by Crippen LogP contribution is -2.16. The van der Waals surface area contributed by atoms with E-state index in [0.29, 0.717) is 48.1 Å². The number of nitrogens with one attached hydrogen (secondary N) is 1. The van der Waals surface area contributed by atoms with E-state index < -0.39 is 0 Å². The summed E-state index contributed by atoms with van der Waals surface area (Å²) in [6.07, 6.45) is 0.795. The van der Waals surface area contributed by atoms with E-state index in [1.165, 1.54) is 0 Å². The van der Waals surface area contributed by atoms with E-state index in [0.717, 1.165) is 11.4 Å². The molecule has 0 spiro atoms. The number of pyridine rings is 1. The number of carbonyl (C=O) groups is 1. The Morgan fingerprint density at radius 1 is 0.969 bits per heavy atom. The highest BCUT2D eigenvalue weighted by Crippen LogP contribution is 2.27. The Balaban J connectivity index is 1.67. The van der Waals surface area contributed by atoms with Crippen LogP contribution in [0.2, 0.25) is 0 Å². The number of ether oxygens (including phenoxy) is 3. The monoisotopic (exact) mass is 434 g/mol. The minimum absolute atomic E-state index is 0.0866. The molecule has 1 amide bonds. The summed E-state index contributed by atoms with van der Waals surface area (Å²) in [6, 6.07) is 18.4. The number of anilines is 1. The number of nitrogens with zero attached hydrogens (tertiary/aromatic N) is 1. The lowest BCUT2D eigenvalue weighted by Gasteiger charge is -2.13. The Kier molecular flexibility index (Phi) is 8.22. The van der Waals surface area contributed by atoms with Gasteiger partial charge in [-0.2, -0.15) is 0 Å². The molecule has 0 fully saturated rings. The molecule has 0 saturated carbocycles. The van der Waals surface area contributed by atoms with Crippen LogP contribution in [0.15, 0.2) is 60.7 Å². The van der Waals surface area contributed by atoms with Gasteiger partial charge in [-0.25, -0.2) is 0 Å². The number of aromatic nitrogens is 1. The Labute approximate surface area is 189 Å². The van der Waals surface area contributed by atoms with Crippen LogP contribution < -0.4 is 14.8 Å². The summed E-state index contributed by atoms with van der Waals surface area (Å²) in [7, 11) is 0. The molecule has 0 aliphatic heterocycles. The fourth-order valence-electron chi connectivity index (χ4n) is 3.37. The van der Waals surface area contributed by atoms with Crippen LogP contribution in [0.5, 0.6) is 17.2 Å². The van der Waals surface area contributed by atoms with Crippen molar-refractivity contribution in [2.24, 2.45) is 0 Å². The Morgan fingerprint density at radius 2 is 1.69 bits per heavy atom. The van der Waals surface area contributed by atoms with E-state index in [9.17, 15) is 4.79 Å². The smallest absolute Gasteiger partial charge is 0.257 e. The van der Waals surface area contributed by atoms with Gasteiger partial charge in [0.15, 0.2) is 0 Å². The zero-order chi connectivity index (χ0) is 22.9. The molecule has 0 aliphatic carbocycles. The zero-order valence-corrected chi connectivity index (χ0v) is 19.1. The van der Waals surface area contributed by atoms with Gasteiger partial charge in [-0.1, -0.05) is 12.1 Å². The van der Waals surface area contributed by atoms with Crippen LogP contribution in [0.3, 0.4) is 0 Å². The van der Waals surface area contributed by atoms with Gasteiger partial charge in [0.2, 0.25) is 0 Å². The normalized spacial score (nSPS) is 11.6. The highest BCUT2D eigenvalue weighted by Gasteiger charge is 2.13. The predicted molar refractivity (Wildman–Crippen MR) is 126 cm³/mol. The van der Waals surface area contributed by atoms with Gasteiger partial charge in [0, 0.05) is 36.5 Å². The molecule has 0 radical (unpaired) electrons. The molecule has 1 N–H and O–H groups in total. The average Bonchev–Trinajstić information content (AvgIpc) is 2.74. The zero-order valence-electron chi connectivity index (χ0n) is 19.1. The van der Waals surface area contributed by atoms with E-state index in [-0.39, 0.29) is 12.0 Å². The van der Waals surface area contributed by atoms with Crippen molar-refractivity contribution in [3.63, 3.8) is 0 Å². The number of carbonyl (C=O) groups excluding carboxylic acids is 1. The molecule has 3 rings (SSSR count). The minimum Gasteiger partial charge on any atom is -0.494 e. The molecule has 1 heterocycles. The first-order valence-corrected chi connectivity index (χ1v) is 10.9. The van der Waals surface area contributed by atoms with Crippen molar-refractivity contribution in [1.29, 1.82) is 0 Å². The van der Waals surface area contributed by atoms with Crippen LogP contribution in [-0.4, -0.2) is 30.2 Å². The summed E-state index contributed by atoms with van der Waals surface area (Å²) in [4.78, 5) is 17.4. The summed E-state index contributed by atoms with van der Waals surface area (Å²) in [5.74, 6) is 1.81. The lowest BCUT2D eigenvalue weighted by molar-refractivity contribution is 0.0761. The van der Waals surface area contributed by atoms with Gasteiger partial charge in [-0.3, -0.25) is 9.78 Å². The van der Waals surface area contributed by atoms with Crippen molar-refractivity contribution in [1.82, 2.24) is 4.98 Å². The van der Waals surface area contributed by atoms with Crippen molar-refractivity contribution < 1.29 is 19.0 Å². The standard InChI is InChI=1S/C26H30N2O4/c1-5-30-18(3)15-21-13-14-25(19(4)27-21)26(29)28-20-9-7-11-23(16-20)32-24-12-8-10-22(17-24)31-6-2/h7-14,16-18H,5-6,15H2,1-4H3,(H,28,29). The molecule has 0 saturated heterocycles. The van der Waals surface area contributed by atoms with E-state index in [4.69, 9.17) is 14.2 Å². The van der Waals surface area contributed by atoms with Gasteiger partial charge in [0.1, 0.15) is 17.2 Å². The quantitative estimate of drug-likeness (QED) is 0.437. The topological polar surface area (TPSA) is 69.7 Å². The molecule has 3 aromatic rings. The maximum Gasteiger partial charge on any atom is 0.257 e. The Bertz CT molecular complexity index is 1050. The van der Waals surface area contributed by atoms with Crippen LogP contribution in [0.25, 0.3) is 0 Å². The maximum atomic E-state index is 12.8. The first kappa shape index (κ1) is 23.3. The lowest BCUT2D eigenvalue weighted by atomic mass is 10.1.